The van der Waals surface area contributed by atoms with Crippen molar-refractivity contribution in [3.8, 4) is 5.88 Å². The van der Waals surface area contributed by atoms with Gasteiger partial charge in [0.25, 0.3) is 0 Å². The smallest absolute Gasteiger partial charge is 0.226 e. The van der Waals surface area contributed by atoms with Crippen LogP contribution in [0.4, 0.5) is 5.95 Å². The summed E-state index contributed by atoms with van der Waals surface area (Å²) in [6.07, 6.45) is 0. The number of thiophene rings is 1. The second-order valence-electron chi connectivity index (χ2n) is 3.99. The number of hydrogen-bond donors (Lipinski definition) is 1. The van der Waals surface area contributed by atoms with Crippen LogP contribution in [0.15, 0.2) is 41.8 Å². The van der Waals surface area contributed by atoms with Gasteiger partial charge in [0, 0.05) is 11.9 Å². The number of nitrogens with zero attached hydrogens (tertiary/aromatic N) is 2. The predicted octanol–water partition coefficient (Wildman–Crippen LogP) is 3.31. The lowest BCUT2D eigenvalue weighted by molar-refractivity contribution is 0.301. The lowest BCUT2D eigenvalue weighted by Gasteiger charge is -2.09. The van der Waals surface area contributed by atoms with E-state index in [1.807, 2.05) is 41.8 Å². The summed E-state index contributed by atoms with van der Waals surface area (Å²) >= 11 is 1.67. The molecule has 0 unspecified atom stereocenters. The Balaban J connectivity index is 1.96. The predicted molar refractivity (Wildman–Crippen MR) is 77.7 cm³/mol. The van der Waals surface area contributed by atoms with E-state index in [4.69, 9.17) is 4.74 Å². The zero-order chi connectivity index (χ0) is 13.1. The number of ether oxygens (including phenoxy) is 1. The van der Waals surface area contributed by atoms with Crippen LogP contribution in [-0.4, -0.2) is 17.0 Å². The highest BCUT2D eigenvalue weighted by molar-refractivity contribution is 7.09. The SMILES string of the molecule is CNc1nc(OCc2cccs2)c2ccccc2n1. The molecule has 0 saturated heterocycles. The molecule has 0 fully saturated rings. The molecular weight excluding hydrogens is 258 g/mol. The Bertz CT molecular complexity index is 682. The van der Waals surface area contributed by atoms with Gasteiger partial charge in [0.05, 0.1) is 10.9 Å². The maximum atomic E-state index is 5.83. The number of benzene rings is 1. The molecule has 96 valence electrons. The van der Waals surface area contributed by atoms with Crippen LogP contribution in [0, 0.1) is 0 Å². The van der Waals surface area contributed by atoms with E-state index in [1.54, 1.807) is 18.4 Å². The number of rotatable bonds is 4. The summed E-state index contributed by atoms with van der Waals surface area (Å²) < 4.78 is 5.83. The number of nitrogens with one attached hydrogen (secondary N) is 1. The zero-order valence-electron chi connectivity index (χ0n) is 10.5. The monoisotopic (exact) mass is 271 g/mol. The van der Waals surface area contributed by atoms with Gasteiger partial charge >= 0.3 is 0 Å². The molecule has 19 heavy (non-hydrogen) atoms. The molecule has 3 rings (SSSR count). The highest BCUT2D eigenvalue weighted by Gasteiger charge is 2.08. The summed E-state index contributed by atoms with van der Waals surface area (Å²) in [7, 11) is 1.80. The van der Waals surface area contributed by atoms with Crippen molar-refractivity contribution in [3.05, 3.63) is 46.7 Å². The number of aromatic nitrogens is 2. The first kappa shape index (κ1) is 11.9. The zero-order valence-corrected chi connectivity index (χ0v) is 11.3. The first-order valence-electron chi connectivity index (χ1n) is 5.96. The van der Waals surface area contributed by atoms with Gasteiger partial charge in [0.2, 0.25) is 11.8 Å². The quantitative estimate of drug-likeness (QED) is 0.790. The third-order valence-corrected chi connectivity index (χ3v) is 3.57. The third kappa shape index (κ3) is 2.51. The standard InChI is InChI=1S/C14H13N3OS/c1-15-14-16-12-7-3-2-6-11(12)13(17-14)18-9-10-5-4-8-19-10/h2-8H,9H2,1H3,(H,15,16,17). The molecule has 1 N–H and O–H groups in total. The lowest BCUT2D eigenvalue weighted by Crippen LogP contribution is -2.02. The fourth-order valence-corrected chi connectivity index (χ4v) is 2.42. The number of hydrogen-bond acceptors (Lipinski definition) is 5. The molecule has 3 aromatic rings. The molecule has 2 aromatic heterocycles. The topological polar surface area (TPSA) is 47.0 Å². The van der Waals surface area contributed by atoms with Crippen molar-refractivity contribution in [1.82, 2.24) is 9.97 Å². The van der Waals surface area contributed by atoms with E-state index in [0.29, 0.717) is 18.4 Å². The highest BCUT2D eigenvalue weighted by Crippen LogP contribution is 2.24. The average Bonchev–Trinajstić information content (AvgIpc) is 2.97. The van der Waals surface area contributed by atoms with Crippen LogP contribution in [0.3, 0.4) is 0 Å². The fraction of sp³-hybridized carbons (Fsp3) is 0.143. The van der Waals surface area contributed by atoms with E-state index < -0.39 is 0 Å². The minimum Gasteiger partial charge on any atom is -0.471 e. The van der Waals surface area contributed by atoms with Crippen molar-refractivity contribution in [2.45, 2.75) is 6.61 Å². The van der Waals surface area contributed by atoms with Crippen LogP contribution in [0.25, 0.3) is 10.9 Å². The molecule has 5 heteroatoms. The van der Waals surface area contributed by atoms with E-state index in [1.165, 1.54) is 4.88 Å². The van der Waals surface area contributed by atoms with Gasteiger partial charge in [-0.25, -0.2) is 4.98 Å². The van der Waals surface area contributed by atoms with Gasteiger partial charge in [0.1, 0.15) is 6.61 Å². The Kier molecular flexibility index (Phi) is 3.29. The first-order chi connectivity index (χ1) is 9.36. The largest absolute Gasteiger partial charge is 0.471 e. The molecule has 0 radical (unpaired) electrons. The number of anilines is 1. The van der Waals surface area contributed by atoms with Crippen LogP contribution in [0.5, 0.6) is 5.88 Å². The molecule has 4 nitrogen and oxygen atoms in total. The lowest BCUT2D eigenvalue weighted by atomic mass is 10.2. The molecule has 0 atom stereocenters. The van der Waals surface area contributed by atoms with E-state index in [2.05, 4.69) is 15.3 Å². The Morgan fingerprint density at radius 2 is 2.05 bits per heavy atom. The molecule has 0 aliphatic rings. The molecule has 0 bridgehead atoms. The van der Waals surface area contributed by atoms with Crippen molar-refractivity contribution in [1.29, 1.82) is 0 Å². The summed E-state index contributed by atoms with van der Waals surface area (Å²) in [6, 6.07) is 11.9. The van der Waals surface area contributed by atoms with Crippen LogP contribution >= 0.6 is 11.3 Å². The third-order valence-electron chi connectivity index (χ3n) is 2.72. The van der Waals surface area contributed by atoms with Crippen LogP contribution in [0.2, 0.25) is 0 Å². The molecule has 1 aromatic carbocycles. The summed E-state index contributed by atoms with van der Waals surface area (Å²) in [5, 5.41) is 5.92. The van der Waals surface area contributed by atoms with Crippen LogP contribution in [0.1, 0.15) is 4.88 Å². The Hall–Kier alpha value is -2.14. The van der Waals surface area contributed by atoms with Gasteiger partial charge in [-0.3, -0.25) is 0 Å². The number of fused-ring (bicyclic) bond motifs is 1. The van der Waals surface area contributed by atoms with Gasteiger partial charge in [0.15, 0.2) is 0 Å². The van der Waals surface area contributed by atoms with Crippen molar-refractivity contribution in [3.63, 3.8) is 0 Å². The average molecular weight is 271 g/mol. The maximum absolute atomic E-state index is 5.83. The van der Waals surface area contributed by atoms with Gasteiger partial charge in [-0.2, -0.15) is 4.98 Å². The van der Waals surface area contributed by atoms with Gasteiger partial charge in [-0.05, 0) is 23.6 Å². The van der Waals surface area contributed by atoms with Gasteiger partial charge in [-0.1, -0.05) is 18.2 Å². The Morgan fingerprint density at radius 1 is 1.16 bits per heavy atom. The second kappa shape index (κ2) is 5.24. The Morgan fingerprint density at radius 3 is 2.84 bits per heavy atom. The molecular formula is C14H13N3OS. The van der Waals surface area contributed by atoms with E-state index in [9.17, 15) is 0 Å². The van der Waals surface area contributed by atoms with Gasteiger partial charge < -0.3 is 10.1 Å². The molecule has 0 aliphatic carbocycles. The van der Waals surface area contributed by atoms with E-state index >= 15 is 0 Å². The van der Waals surface area contributed by atoms with Gasteiger partial charge in [-0.15, -0.1) is 11.3 Å². The molecule has 0 aliphatic heterocycles. The molecule has 0 amide bonds. The normalized spacial score (nSPS) is 10.6. The minimum atomic E-state index is 0.530. The summed E-state index contributed by atoms with van der Waals surface area (Å²) in [4.78, 5) is 9.95. The van der Waals surface area contributed by atoms with Crippen LogP contribution < -0.4 is 10.1 Å². The first-order valence-corrected chi connectivity index (χ1v) is 6.84. The second-order valence-corrected chi connectivity index (χ2v) is 5.02. The van der Waals surface area contributed by atoms with Crippen molar-refractivity contribution in [2.75, 3.05) is 12.4 Å². The molecule has 0 saturated carbocycles. The maximum Gasteiger partial charge on any atom is 0.226 e. The summed E-state index contributed by atoms with van der Waals surface area (Å²) in [5.74, 6) is 1.18. The van der Waals surface area contributed by atoms with E-state index in [-0.39, 0.29) is 0 Å². The highest BCUT2D eigenvalue weighted by atomic mass is 32.1. The van der Waals surface area contributed by atoms with Crippen molar-refractivity contribution >= 4 is 28.2 Å². The number of para-hydroxylation sites is 1. The summed E-state index contributed by atoms with van der Waals surface area (Å²) in [5.41, 5.74) is 0.878. The molecule has 0 spiro atoms. The Labute approximate surface area is 115 Å². The summed E-state index contributed by atoms with van der Waals surface area (Å²) in [6.45, 7) is 0.530. The van der Waals surface area contributed by atoms with E-state index in [0.717, 1.165) is 10.9 Å². The van der Waals surface area contributed by atoms with Crippen LogP contribution in [-0.2, 0) is 6.61 Å². The minimum absolute atomic E-state index is 0.530. The fourth-order valence-electron chi connectivity index (χ4n) is 1.80. The van der Waals surface area contributed by atoms with Crippen molar-refractivity contribution < 1.29 is 4.74 Å². The van der Waals surface area contributed by atoms with Crippen molar-refractivity contribution in [2.24, 2.45) is 0 Å². The molecule has 2 heterocycles.